The molecule has 1 aromatic heterocycles. The molecule has 0 unspecified atom stereocenters. The van der Waals surface area contributed by atoms with Crippen LogP contribution in [0.25, 0.3) is 0 Å². The molecule has 3 nitrogen and oxygen atoms in total. The quantitative estimate of drug-likeness (QED) is 0.774. The molecule has 0 aromatic carbocycles. The van der Waals surface area contributed by atoms with E-state index in [0.717, 1.165) is 31.0 Å². The van der Waals surface area contributed by atoms with E-state index in [0.29, 0.717) is 12.2 Å². The second-order valence-electron chi connectivity index (χ2n) is 5.54. The van der Waals surface area contributed by atoms with Gasteiger partial charge in [-0.3, -0.25) is 4.79 Å². The summed E-state index contributed by atoms with van der Waals surface area (Å²) < 4.78 is 1.99. The van der Waals surface area contributed by atoms with Crippen LogP contribution in [0.1, 0.15) is 57.2 Å². The van der Waals surface area contributed by atoms with Gasteiger partial charge in [0.1, 0.15) is 11.6 Å². The van der Waals surface area contributed by atoms with Crippen LogP contribution >= 0.6 is 0 Å². The third-order valence-electron chi connectivity index (χ3n) is 4.10. The minimum atomic E-state index is 0.406. The Morgan fingerprint density at radius 3 is 2.78 bits per heavy atom. The Labute approximate surface area is 110 Å². The summed E-state index contributed by atoms with van der Waals surface area (Å²) in [5.74, 6) is 2.24. The van der Waals surface area contributed by atoms with Gasteiger partial charge >= 0.3 is 0 Å². The van der Waals surface area contributed by atoms with Gasteiger partial charge in [-0.05, 0) is 12.3 Å². The Morgan fingerprint density at radius 1 is 1.33 bits per heavy atom. The van der Waals surface area contributed by atoms with E-state index >= 15 is 0 Å². The van der Waals surface area contributed by atoms with Crippen LogP contribution < -0.4 is 0 Å². The zero-order valence-electron chi connectivity index (χ0n) is 11.4. The number of hydrogen-bond acceptors (Lipinski definition) is 2. The second kappa shape index (κ2) is 6.72. The fourth-order valence-electron chi connectivity index (χ4n) is 2.85. The molecule has 3 heteroatoms. The molecule has 2 rings (SSSR count). The van der Waals surface area contributed by atoms with E-state index in [9.17, 15) is 4.79 Å². The van der Waals surface area contributed by atoms with Crippen molar-refractivity contribution in [3.8, 4) is 0 Å². The molecule has 1 aliphatic rings. The fraction of sp³-hybridized carbons (Fsp3) is 0.733. The monoisotopic (exact) mass is 248 g/mol. The minimum absolute atomic E-state index is 0.406. The highest BCUT2D eigenvalue weighted by molar-refractivity contribution is 5.78. The van der Waals surface area contributed by atoms with E-state index < -0.39 is 0 Å². The molecule has 0 saturated heterocycles. The van der Waals surface area contributed by atoms with Gasteiger partial charge in [0, 0.05) is 38.7 Å². The number of hydrogen-bond donors (Lipinski definition) is 0. The smallest absolute Gasteiger partial charge is 0.133 e. The van der Waals surface area contributed by atoms with Gasteiger partial charge in [0.2, 0.25) is 0 Å². The first-order valence-electron chi connectivity index (χ1n) is 7.23. The van der Waals surface area contributed by atoms with Crippen LogP contribution in [0.2, 0.25) is 0 Å². The molecular weight excluding hydrogens is 224 g/mol. The van der Waals surface area contributed by atoms with Gasteiger partial charge < -0.3 is 4.57 Å². The number of aromatic nitrogens is 2. The molecule has 1 heterocycles. The van der Waals surface area contributed by atoms with Crippen LogP contribution in [0.4, 0.5) is 0 Å². The van der Waals surface area contributed by atoms with Gasteiger partial charge in [0.25, 0.3) is 0 Å². The summed E-state index contributed by atoms with van der Waals surface area (Å²) in [4.78, 5) is 16.1. The van der Waals surface area contributed by atoms with E-state index in [-0.39, 0.29) is 0 Å². The van der Waals surface area contributed by atoms with Crippen molar-refractivity contribution in [2.75, 3.05) is 0 Å². The molecule has 1 aliphatic carbocycles. The van der Waals surface area contributed by atoms with Crippen LogP contribution in [0.3, 0.4) is 0 Å². The number of nitrogens with zero attached hydrogens (tertiary/aromatic N) is 2. The van der Waals surface area contributed by atoms with E-state index in [1.165, 1.54) is 32.1 Å². The van der Waals surface area contributed by atoms with Crippen LogP contribution in [-0.4, -0.2) is 15.3 Å². The SMILES string of the molecule is Cn1ccnc1CCC(=O)CCC1CCCCC1. The molecule has 1 aromatic rings. The van der Waals surface area contributed by atoms with E-state index in [1.807, 2.05) is 17.8 Å². The Morgan fingerprint density at radius 2 is 2.11 bits per heavy atom. The van der Waals surface area contributed by atoms with Gasteiger partial charge in [-0.25, -0.2) is 4.98 Å². The standard InChI is InChI=1S/C15H24N2O/c1-17-12-11-16-15(17)10-9-14(18)8-7-13-5-3-2-4-6-13/h11-13H,2-10H2,1H3. The maximum Gasteiger partial charge on any atom is 0.133 e. The predicted octanol–water partition coefficient (Wildman–Crippen LogP) is 3.28. The van der Waals surface area contributed by atoms with Crippen molar-refractivity contribution in [3.05, 3.63) is 18.2 Å². The first-order valence-corrected chi connectivity index (χ1v) is 7.23. The number of imidazole rings is 1. The molecule has 0 amide bonds. The van der Waals surface area contributed by atoms with Gasteiger partial charge in [-0.2, -0.15) is 0 Å². The molecular formula is C15H24N2O. The van der Waals surface area contributed by atoms with E-state index in [2.05, 4.69) is 4.98 Å². The van der Waals surface area contributed by atoms with Crippen molar-refractivity contribution in [2.45, 2.75) is 57.8 Å². The van der Waals surface area contributed by atoms with Crippen molar-refractivity contribution in [2.24, 2.45) is 13.0 Å². The summed E-state index contributed by atoms with van der Waals surface area (Å²) in [7, 11) is 1.98. The maximum atomic E-state index is 11.9. The number of aryl methyl sites for hydroxylation is 2. The molecule has 0 aliphatic heterocycles. The number of Topliss-reactive ketones (excluding diaryl/α,β-unsaturated/α-hetero) is 1. The first kappa shape index (κ1) is 13.3. The van der Waals surface area contributed by atoms with Crippen molar-refractivity contribution in [3.63, 3.8) is 0 Å². The lowest BCUT2D eigenvalue weighted by Crippen LogP contribution is -2.10. The predicted molar refractivity (Wildman–Crippen MR) is 72.3 cm³/mol. The summed E-state index contributed by atoms with van der Waals surface area (Å²) in [6, 6.07) is 0. The lowest BCUT2D eigenvalue weighted by Gasteiger charge is -2.20. The number of rotatable bonds is 6. The molecule has 0 N–H and O–H groups in total. The normalized spacial score (nSPS) is 16.9. The molecule has 0 bridgehead atoms. The topological polar surface area (TPSA) is 34.9 Å². The number of carbonyl (C=O) groups excluding carboxylic acids is 1. The summed E-state index contributed by atoms with van der Waals surface area (Å²) in [6.45, 7) is 0. The Balaban J connectivity index is 1.64. The van der Waals surface area contributed by atoms with Crippen LogP contribution in [-0.2, 0) is 18.3 Å². The second-order valence-corrected chi connectivity index (χ2v) is 5.54. The maximum absolute atomic E-state index is 11.9. The van der Waals surface area contributed by atoms with Crippen LogP contribution in [0.15, 0.2) is 12.4 Å². The van der Waals surface area contributed by atoms with Crippen molar-refractivity contribution in [1.82, 2.24) is 9.55 Å². The van der Waals surface area contributed by atoms with E-state index in [4.69, 9.17) is 0 Å². The largest absolute Gasteiger partial charge is 0.338 e. The summed E-state index contributed by atoms with van der Waals surface area (Å²) in [5, 5.41) is 0. The highest BCUT2D eigenvalue weighted by Gasteiger charge is 2.15. The minimum Gasteiger partial charge on any atom is -0.338 e. The lowest BCUT2D eigenvalue weighted by molar-refractivity contribution is -0.119. The Hall–Kier alpha value is -1.12. The van der Waals surface area contributed by atoms with Crippen molar-refractivity contribution in [1.29, 1.82) is 0 Å². The summed E-state index contributed by atoms with van der Waals surface area (Å²) in [5.41, 5.74) is 0. The molecule has 1 saturated carbocycles. The van der Waals surface area contributed by atoms with Gasteiger partial charge in [0.05, 0.1) is 0 Å². The van der Waals surface area contributed by atoms with Gasteiger partial charge in [0.15, 0.2) is 0 Å². The zero-order chi connectivity index (χ0) is 12.8. The van der Waals surface area contributed by atoms with Crippen molar-refractivity contribution >= 4 is 5.78 Å². The van der Waals surface area contributed by atoms with Gasteiger partial charge in [-0.15, -0.1) is 0 Å². The average Bonchev–Trinajstić information content (AvgIpc) is 2.81. The Bertz CT molecular complexity index is 378. The highest BCUT2D eigenvalue weighted by atomic mass is 16.1. The molecule has 0 radical (unpaired) electrons. The van der Waals surface area contributed by atoms with Crippen LogP contribution in [0.5, 0.6) is 0 Å². The third kappa shape index (κ3) is 3.97. The van der Waals surface area contributed by atoms with Crippen molar-refractivity contribution < 1.29 is 4.79 Å². The summed E-state index contributed by atoms with van der Waals surface area (Å²) >= 11 is 0. The zero-order valence-corrected chi connectivity index (χ0v) is 11.4. The highest BCUT2D eigenvalue weighted by Crippen LogP contribution is 2.27. The van der Waals surface area contributed by atoms with Gasteiger partial charge in [-0.1, -0.05) is 32.1 Å². The first-order chi connectivity index (χ1) is 8.75. The average molecular weight is 248 g/mol. The molecule has 1 fully saturated rings. The van der Waals surface area contributed by atoms with Crippen LogP contribution in [0, 0.1) is 5.92 Å². The summed E-state index contributed by atoms with van der Waals surface area (Å²) in [6.07, 6.45) is 13.9. The molecule has 100 valence electrons. The molecule has 0 atom stereocenters. The number of carbonyl (C=O) groups is 1. The third-order valence-corrected chi connectivity index (χ3v) is 4.10. The fourth-order valence-corrected chi connectivity index (χ4v) is 2.85. The Kier molecular flexibility index (Phi) is 4.97. The van der Waals surface area contributed by atoms with E-state index in [1.54, 1.807) is 6.20 Å². The molecule has 0 spiro atoms. The lowest BCUT2D eigenvalue weighted by atomic mass is 9.85. The molecule has 18 heavy (non-hydrogen) atoms. The number of ketones is 1.